The monoisotopic (exact) mass is 336 g/mol. The number of rotatable bonds is 6. The normalized spacial score (nSPS) is 26.0. The Morgan fingerprint density at radius 1 is 1.25 bits per heavy atom. The fourth-order valence-electron chi connectivity index (χ4n) is 2.89. The molecule has 3 rings (SSSR count). The van der Waals surface area contributed by atoms with Gasteiger partial charge in [0.15, 0.2) is 6.29 Å². The molecule has 1 aromatic heterocycles. The van der Waals surface area contributed by atoms with E-state index in [4.69, 9.17) is 18.8 Å². The van der Waals surface area contributed by atoms with Gasteiger partial charge in [0.2, 0.25) is 0 Å². The van der Waals surface area contributed by atoms with Crippen molar-refractivity contribution in [2.24, 2.45) is 0 Å². The minimum absolute atomic E-state index is 0.0170. The third-order valence-electron chi connectivity index (χ3n) is 5.15. The van der Waals surface area contributed by atoms with E-state index in [2.05, 4.69) is 32.8 Å². The van der Waals surface area contributed by atoms with Crippen molar-refractivity contribution in [3.05, 3.63) is 12.4 Å². The fourth-order valence-corrected chi connectivity index (χ4v) is 2.89. The second kappa shape index (κ2) is 7.16. The molecule has 2 aliphatic heterocycles. The van der Waals surface area contributed by atoms with Crippen LogP contribution in [0.15, 0.2) is 12.4 Å². The second-order valence-corrected chi connectivity index (χ2v) is 7.65. The average molecular weight is 336 g/mol. The lowest BCUT2D eigenvalue weighted by molar-refractivity contribution is -0.163. The zero-order valence-corrected chi connectivity index (χ0v) is 15.3. The van der Waals surface area contributed by atoms with Crippen LogP contribution in [0.5, 0.6) is 0 Å². The van der Waals surface area contributed by atoms with E-state index in [1.54, 1.807) is 0 Å². The Hall–Kier alpha value is -0.885. The third-order valence-corrected chi connectivity index (χ3v) is 5.15. The maximum absolute atomic E-state index is 6.05. The lowest BCUT2D eigenvalue weighted by Crippen LogP contribution is -2.41. The predicted octanol–water partition coefficient (Wildman–Crippen LogP) is 2.12. The Morgan fingerprint density at radius 2 is 2.00 bits per heavy atom. The van der Waals surface area contributed by atoms with E-state index in [1.165, 1.54) is 6.42 Å². The zero-order chi connectivity index (χ0) is 17.2. The maximum Gasteiger partial charge on any atom is 0.498 e. The number of hydrogen-bond donors (Lipinski definition) is 0. The van der Waals surface area contributed by atoms with Crippen LogP contribution in [0.2, 0.25) is 0 Å². The van der Waals surface area contributed by atoms with Crippen LogP contribution in [0, 0.1) is 0 Å². The molecule has 2 fully saturated rings. The number of nitrogens with zero attached hydrogens (tertiary/aromatic N) is 2. The van der Waals surface area contributed by atoms with Crippen molar-refractivity contribution in [1.29, 1.82) is 0 Å². The maximum atomic E-state index is 6.05. The topological polar surface area (TPSA) is 54.7 Å². The van der Waals surface area contributed by atoms with Gasteiger partial charge < -0.3 is 18.8 Å². The highest BCUT2D eigenvalue weighted by molar-refractivity contribution is 6.61. The highest BCUT2D eigenvalue weighted by Gasteiger charge is 2.52. The van der Waals surface area contributed by atoms with E-state index >= 15 is 0 Å². The van der Waals surface area contributed by atoms with Crippen LogP contribution in [0.4, 0.5) is 0 Å². The Kier molecular flexibility index (Phi) is 5.35. The molecule has 2 aliphatic rings. The highest BCUT2D eigenvalue weighted by Crippen LogP contribution is 2.36. The van der Waals surface area contributed by atoms with Crippen molar-refractivity contribution in [3.8, 4) is 0 Å². The van der Waals surface area contributed by atoms with Crippen molar-refractivity contribution in [3.63, 3.8) is 0 Å². The molecule has 1 aromatic rings. The predicted molar refractivity (Wildman–Crippen MR) is 92.1 cm³/mol. The number of hydrogen-bond acceptors (Lipinski definition) is 5. The Bertz CT molecular complexity index is 524. The molecule has 2 saturated heterocycles. The van der Waals surface area contributed by atoms with Crippen molar-refractivity contribution < 1.29 is 18.8 Å². The zero-order valence-electron chi connectivity index (χ0n) is 15.3. The van der Waals surface area contributed by atoms with Gasteiger partial charge >= 0.3 is 7.12 Å². The standard InChI is InChI=1S/C17H29BN2O4/c1-16(2)17(3,4)24-18(23-16)14-12-19-20(13-14)9-7-11-22-15-8-5-6-10-21-15/h12-13,15H,5-11H2,1-4H3. The van der Waals surface area contributed by atoms with Crippen LogP contribution < -0.4 is 5.46 Å². The molecule has 0 saturated carbocycles. The third kappa shape index (κ3) is 4.02. The molecule has 134 valence electrons. The summed E-state index contributed by atoms with van der Waals surface area (Å²) in [6.07, 6.45) is 8.07. The summed E-state index contributed by atoms with van der Waals surface area (Å²) in [5, 5.41) is 4.41. The van der Waals surface area contributed by atoms with E-state index in [0.29, 0.717) is 6.61 Å². The number of aromatic nitrogens is 2. The molecule has 6 nitrogen and oxygen atoms in total. The molecular formula is C17H29BN2O4. The Balaban J connectivity index is 1.44. The summed E-state index contributed by atoms with van der Waals surface area (Å²) in [5.74, 6) is 0. The summed E-state index contributed by atoms with van der Waals surface area (Å²) >= 11 is 0. The first-order chi connectivity index (χ1) is 11.4. The Labute approximate surface area is 144 Å². The summed E-state index contributed by atoms with van der Waals surface area (Å²) in [7, 11) is -0.351. The summed E-state index contributed by atoms with van der Waals surface area (Å²) in [5.41, 5.74) is 0.312. The molecule has 1 unspecified atom stereocenters. The molecule has 0 bridgehead atoms. The molecule has 0 aliphatic carbocycles. The summed E-state index contributed by atoms with van der Waals surface area (Å²) in [6, 6.07) is 0. The van der Waals surface area contributed by atoms with Gasteiger partial charge in [-0.3, -0.25) is 4.68 Å². The van der Waals surface area contributed by atoms with Gasteiger partial charge in [-0.2, -0.15) is 5.10 Å². The van der Waals surface area contributed by atoms with E-state index in [1.807, 2.05) is 17.1 Å². The van der Waals surface area contributed by atoms with Gasteiger partial charge in [-0.05, 0) is 53.4 Å². The van der Waals surface area contributed by atoms with Crippen LogP contribution in [0.25, 0.3) is 0 Å². The summed E-state index contributed by atoms with van der Waals surface area (Å²) in [4.78, 5) is 0. The molecular weight excluding hydrogens is 307 g/mol. The molecule has 7 heteroatoms. The van der Waals surface area contributed by atoms with Crippen molar-refractivity contribution >= 4 is 12.6 Å². The van der Waals surface area contributed by atoms with E-state index in [-0.39, 0.29) is 24.6 Å². The van der Waals surface area contributed by atoms with Crippen molar-refractivity contribution in [1.82, 2.24) is 9.78 Å². The molecule has 0 radical (unpaired) electrons. The largest absolute Gasteiger partial charge is 0.498 e. The lowest BCUT2D eigenvalue weighted by Gasteiger charge is -2.32. The van der Waals surface area contributed by atoms with Crippen LogP contribution in [-0.2, 0) is 25.3 Å². The molecule has 0 amide bonds. The quantitative estimate of drug-likeness (QED) is 0.588. The van der Waals surface area contributed by atoms with E-state index < -0.39 is 0 Å². The molecule has 24 heavy (non-hydrogen) atoms. The average Bonchev–Trinajstić information content (AvgIpc) is 3.08. The number of ether oxygens (including phenoxy) is 2. The van der Waals surface area contributed by atoms with E-state index in [9.17, 15) is 0 Å². The second-order valence-electron chi connectivity index (χ2n) is 7.65. The first kappa shape index (κ1) is 17.9. The van der Waals surface area contributed by atoms with Gasteiger partial charge in [0.1, 0.15) is 0 Å². The lowest BCUT2D eigenvalue weighted by atomic mass is 9.82. The van der Waals surface area contributed by atoms with Crippen LogP contribution in [-0.4, -0.2) is 47.6 Å². The molecule has 1 atom stereocenters. The first-order valence-corrected chi connectivity index (χ1v) is 8.99. The van der Waals surface area contributed by atoms with Gasteiger partial charge in [0, 0.05) is 31.0 Å². The fraction of sp³-hybridized carbons (Fsp3) is 0.824. The van der Waals surface area contributed by atoms with Gasteiger partial charge in [0.25, 0.3) is 0 Å². The van der Waals surface area contributed by atoms with Crippen LogP contribution in [0.1, 0.15) is 53.4 Å². The molecule has 0 spiro atoms. The molecule has 0 aromatic carbocycles. The SMILES string of the molecule is CC1(C)OB(c2cnn(CCCOC3CCCCO3)c2)OC1(C)C. The van der Waals surface area contributed by atoms with Crippen LogP contribution in [0.3, 0.4) is 0 Å². The molecule has 0 N–H and O–H groups in total. The van der Waals surface area contributed by atoms with E-state index in [0.717, 1.165) is 37.9 Å². The van der Waals surface area contributed by atoms with Gasteiger partial charge in [-0.25, -0.2) is 0 Å². The Morgan fingerprint density at radius 3 is 2.67 bits per heavy atom. The summed E-state index contributed by atoms with van der Waals surface area (Å²) < 4.78 is 25.3. The smallest absolute Gasteiger partial charge is 0.399 e. The van der Waals surface area contributed by atoms with Crippen molar-refractivity contribution in [2.75, 3.05) is 13.2 Å². The minimum Gasteiger partial charge on any atom is -0.399 e. The van der Waals surface area contributed by atoms with Gasteiger partial charge in [-0.15, -0.1) is 0 Å². The number of aryl methyl sites for hydroxylation is 1. The van der Waals surface area contributed by atoms with Crippen LogP contribution >= 0.6 is 0 Å². The van der Waals surface area contributed by atoms with Gasteiger partial charge in [-0.1, -0.05) is 0 Å². The van der Waals surface area contributed by atoms with Crippen molar-refractivity contribution in [2.45, 2.75) is 77.4 Å². The first-order valence-electron chi connectivity index (χ1n) is 8.99. The highest BCUT2D eigenvalue weighted by atomic mass is 16.7. The molecule has 3 heterocycles. The minimum atomic E-state index is -0.351. The van der Waals surface area contributed by atoms with Gasteiger partial charge in [0.05, 0.1) is 17.8 Å². The summed E-state index contributed by atoms with van der Waals surface area (Å²) in [6.45, 7) is 10.6.